The van der Waals surface area contributed by atoms with Crippen LogP contribution in [0.15, 0.2) is 170 Å². The summed E-state index contributed by atoms with van der Waals surface area (Å²) in [5.41, 5.74) is 18.2. The van der Waals surface area contributed by atoms with Crippen LogP contribution < -0.4 is 0 Å². The highest BCUT2D eigenvalue weighted by molar-refractivity contribution is 6.04. The van der Waals surface area contributed by atoms with Crippen LogP contribution in [0.5, 0.6) is 0 Å². The van der Waals surface area contributed by atoms with Gasteiger partial charge in [-0.15, -0.1) is 0 Å². The van der Waals surface area contributed by atoms with Crippen LogP contribution in [0.4, 0.5) is 13.2 Å². The molecule has 8 aromatic carbocycles. The fourth-order valence-corrected chi connectivity index (χ4v) is 15.1. The van der Waals surface area contributed by atoms with Crippen molar-refractivity contribution < 1.29 is 62.1 Å². The van der Waals surface area contributed by atoms with Crippen molar-refractivity contribution in [3.05, 3.63) is 282 Å². The lowest BCUT2D eigenvalue weighted by molar-refractivity contribution is -0.139. The molecule has 13 heteroatoms. The Bertz CT molecular complexity index is 3750. The third-order valence-corrected chi connectivity index (χ3v) is 19.8. The maximum Gasteiger partial charge on any atom is 0.170 e. The van der Waals surface area contributed by atoms with Gasteiger partial charge in [-0.25, -0.2) is 13.2 Å². The summed E-state index contributed by atoms with van der Waals surface area (Å²) in [6.07, 6.45) is 3.45. The van der Waals surface area contributed by atoms with E-state index in [2.05, 4.69) is 75.4 Å². The van der Waals surface area contributed by atoms with Crippen molar-refractivity contribution in [2.24, 2.45) is 0 Å². The van der Waals surface area contributed by atoms with E-state index in [0.29, 0.717) is 68.8 Å². The van der Waals surface area contributed by atoms with Gasteiger partial charge in [0.05, 0.1) is 62.7 Å². The molecular weight excluding hydrogens is 1190 g/mol. The van der Waals surface area contributed by atoms with Gasteiger partial charge in [-0.05, 0) is 224 Å². The van der Waals surface area contributed by atoms with Crippen molar-refractivity contribution in [1.82, 2.24) is 0 Å². The summed E-state index contributed by atoms with van der Waals surface area (Å²) in [4.78, 5) is 26.5. The maximum absolute atomic E-state index is 13.8. The first kappa shape index (κ1) is 68.0. The van der Waals surface area contributed by atoms with E-state index >= 15 is 0 Å². The monoisotopic (exact) mass is 1280 g/mol. The number of ether oxygens (including phenoxy) is 4. The van der Waals surface area contributed by atoms with Crippen LogP contribution in [0.3, 0.4) is 0 Å². The van der Waals surface area contributed by atoms with Gasteiger partial charge in [0.25, 0.3) is 0 Å². The van der Waals surface area contributed by atoms with Gasteiger partial charge in [-0.1, -0.05) is 153 Å². The standard InChI is InChI=1S/2C21H21FO3.C20H24O2.C19H21FO2/c2*1-21(2)24-12-16(25-21)11-19-17-6-4-3-5-13(17)9-14-7-8-15(22)10-18(14)20(19)23;1-13-7-8-16-10-15-5-3-4-6-18(15)20(11-17(22)12-21)14(2)19(16)9-13;1-12-18-9-15(20)7-6-14(18)8-13-4-2-3-5-17(13)19(12)10-16(22)11-21/h2*3-8,10,16,19H,9,11-12H2,1-2H3;3-9,14,17,20-22H,10-12H2,1-2H3;2-7,9,12,16,19,21-22H,8,10-11H2,1H3/t16-,19+;16-,19-;14-,17-,20-;12-,16+,19-/m1110/s1. The molecule has 0 saturated carbocycles. The summed E-state index contributed by atoms with van der Waals surface area (Å²) in [7, 11) is 0. The topological polar surface area (TPSA) is 152 Å². The van der Waals surface area contributed by atoms with E-state index in [0.717, 1.165) is 57.3 Å². The molecule has 8 aromatic rings. The number of ketones is 2. The summed E-state index contributed by atoms with van der Waals surface area (Å²) in [6.45, 7) is 14.5. The van der Waals surface area contributed by atoms with E-state index in [1.165, 1.54) is 69.3 Å². The van der Waals surface area contributed by atoms with E-state index in [4.69, 9.17) is 18.9 Å². The third-order valence-electron chi connectivity index (χ3n) is 19.8. The quantitative estimate of drug-likeness (QED) is 0.104. The van der Waals surface area contributed by atoms with Crippen LogP contribution in [0, 0.1) is 24.4 Å². The Morgan fingerprint density at radius 2 is 0.766 bits per heavy atom. The Morgan fingerprint density at radius 1 is 0.436 bits per heavy atom. The minimum atomic E-state index is -0.754. The van der Waals surface area contributed by atoms with Crippen molar-refractivity contribution in [3.63, 3.8) is 0 Å². The molecule has 10 nitrogen and oxygen atoms in total. The van der Waals surface area contributed by atoms with Crippen molar-refractivity contribution in [2.45, 2.75) is 171 Å². The Labute approximate surface area is 550 Å². The van der Waals surface area contributed by atoms with E-state index in [1.807, 2.05) is 94.4 Å². The van der Waals surface area contributed by atoms with Crippen LogP contribution in [0.2, 0.25) is 0 Å². The maximum atomic E-state index is 13.8. The molecule has 0 spiro atoms. The first-order valence-electron chi connectivity index (χ1n) is 33.1. The lowest BCUT2D eigenvalue weighted by Crippen LogP contribution is -2.24. The molecule has 0 unspecified atom stereocenters. The minimum Gasteiger partial charge on any atom is -0.394 e. The smallest absolute Gasteiger partial charge is 0.170 e. The zero-order valence-electron chi connectivity index (χ0n) is 54.8. The molecule has 4 aliphatic carbocycles. The summed E-state index contributed by atoms with van der Waals surface area (Å²) in [5.74, 6) is -2.25. The number of halogens is 3. The average Bonchev–Trinajstić information content (AvgIpc) is 1.66. The summed E-state index contributed by atoms with van der Waals surface area (Å²) >= 11 is 0. The summed E-state index contributed by atoms with van der Waals surface area (Å²) < 4.78 is 64.4. The number of Topliss-reactive ketones (excluding diaryl/α,β-unsaturated/α-hetero) is 2. The largest absolute Gasteiger partial charge is 0.394 e. The molecule has 10 atom stereocenters. The number of rotatable bonds is 10. The normalized spacial score (nSPS) is 23.2. The first-order chi connectivity index (χ1) is 45.0. The second-order valence-electron chi connectivity index (χ2n) is 27.3. The van der Waals surface area contributed by atoms with Gasteiger partial charge in [0.2, 0.25) is 0 Å². The Kier molecular flexibility index (Phi) is 21.2. The van der Waals surface area contributed by atoms with Crippen molar-refractivity contribution in [1.29, 1.82) is 0 Å². The molecule has 14 rings (SSSR count). The molecule has 2 fully saturated rings. The SMILES string of the molecule is CC1(C)OC[C@@H](C[C@@H]2C(=O)c3cc(F)ccc3Cc3ccccc32)O1.CC1(C)OC[C@@H](C[C@H]2C(=O)c3cc(F)ccc3Cc3ccccc32)O1.C[C@H]1c2cc(F)ccc2Cc2ccccc2[C@H]1C[C@@H](O)CO.Cc1ccc2c(c1)[C@@H](C)[C@@H](C[C@@H](O)CO)c1ccccc1C2. The zero-order valence-corrected chi connectivity index (χ0v) is 54.8. The molecule has 2 aliphatic heterocycles. The molecule has 0 bridgehead atoms. The van der Waals surface area contributed by atoms with Crippen molar-refractivity contribution in [2.75, 3.05) is 26.4 Å². The predicted octanol–water partition coefficient (Wildman–Crippen LogP) is 15.4. The van der Waals surface area contributed by atoms with Crippen molar-refractivity contribution in [3.8, 4) is 0 Å². The Hall–Kier alpha value is -7.43. The van der Waals surface area contributed by atoms with E-state index in [1.54, 1.807) is 18.2 Å². The van der Waals surface area contributed by atoms with Gasteiger partial charge >= 0.3 is 0 Å². The number of aliphatic hydroxyl groups is 4. The van der Waals surface area contributed by atoms with Gasteiger partial charge in [0, 0.05) is 11.1 Å². The summed E-state index contributed by atoms with van der Waals surface area (Å²) in [5, 5.41) is 38.4. The Morgan fingerprint density at radius 3 is 1.16 bits per heavy atom. The number of carbonyl (C=O) groups excluding carboxylic acids is 2. The molecule has 492 valence electrons. The fourth-order valence-electron chi connectivity index (χ4n) is 15.1. The average molecular weight is 1280 g/mol. The lowest BCUT2D eigenvalue weighted by atomic mass is 9.79. The third kappa shape index (κ3) is 15.6. The van der Waals surface area contributed by atoms with E-state index in [9.17, 15) is 43.2 Å². The van der Waals surface area contributed by atoms with Crippen LogP contribution in [-0.4, -0.2) is 94.4 Å². The van der Waals surface area contributed by atoms with Gasteiger partial charge < -0.3 is 39.4 Å². The number of fused-ring (bicyclic) bond motifs is 8. The van der Waals surface area contributed by atoms with Gasteiger partial charge in [-0.3, -0.25) is 9.59 Å². The van der Waals surface area contributed by atoms with Gasteiger partial charge in [0.1, 0.15) is 17.5 Å². The molecule has 94 heavy (non-hydrogen) atoms. The highest BCUT2D eigenvalue weighted by Crippen LogP contribution is 2.46. The van der Waals surface area contributed by atoms with Gasteiger partial charge in [0.15, 0.2) is 23.1 Å². The first-order valence-corrected chi connectivity index (χ1v) is 33.1. The number of carbonyl (C=O) groups is 2. The van der Waals surface area contributed by atoms with E-state index in [-0.39, 0.29) is 84.0 Å². The molecule has 4 N–H and O–H groups in total. The Balaban J connectivity index is 0.000000128. The number of aliphatic hydroxyl groups excluding tert-OH is 4. The van der Waals surface area contributed by atoms with Crippen molar-refractivity contribution >= 4 is 11.6 Å². The fraction of sp³-hybridized carbons (Fsp3) is 0.383. The number of hydrogen-bond acceptors (Lipinski definition) is 10. The number of aryl methyl sites for hydroxylation is 1. The predicted molar refractivity (Wildman–Crippen MR) is 358 cm³/mol. The van der Waals surface area contributed by atoms with Crippen LogP contribution in [0.1, 0.15) is 207 Å². The van der Waals surface area contributed by atoms with E-state index < -0.39 is 23.8 Å². The second-order valence-corrected chi connectivity index (χ2v) is 27.3. The lowest BCUT2D eigenvalue weighted by Gasteiger charge is -2.27. The minimum absolute atomic E-state index is 0.0345. The van der Waals surface area contributed by atoms with Crippen LogP contribution in [0.25, 0.3) is 0 Å². The van der Waals surface area contributed by atoms with Gasteiger partial charge in [-0.2, -0.15) is 0 Å². The zero-order chi connectivity index (χ0) is 66.6. The van der Waals surface area contributed by atoms with Crippen LogP contribution in [-0.2, 0) is 44.6 Å². The number of benzene rings is 8. The molecule has 0 amide bonds. The molecule has 2 heterocycles. The molecule has 6 aliphatic rings. The molecule has 2 saturated heterocycles. The highest BCUT2D eigenvalue weighted by Gasteiger charge is 2.41. The molecule has 0 aromatic heterocycles. The van der Waals surface area contributed by atoms with Crippen LogP contribution >= 0.6 is 0 Å². The number of hydrogen-bond donors (Lipinski definition) is 4. The second kappa shape index (κ2) is 29.3. The molecule has 0 radical (unpaired) electrons. The molecular formula is C81H87F3O10. The summed E-state index contributed by atoms with van der Waals surface area (Å²) in [6, 6.07) is 53.4. The highest BCUT2D eigenvalue weighted by atomic mass is 19.1.